The molecule has 0 radical (unpaired) electrons. The van der Waals surface area contributed by atoms with Gasteiger partial charge in [-0.3, -0.25) is 4.79 Å². The van der Waals surface area contributed by atoms with Gasteiger partial charge in [-0.1, -0.05) is 6.07 Å². The van der Waals surface area contributed by atoms with Crippen LogP contribution in [0.15, 0.2) is 29.2 Å². The number of hydrogen-bond donors (Lipinski definition) is 1. The van der Waals surface area contributed by atoms with Crippen molar-refractivity contribution in [1.29, 1.82) is 5.26 Å². The number of nitrogens with zero attached hydrogens (tertiary/aromatic N) is 2. The van der Waals surface area contributed by atoms with Crippen molar-refractivity contribution < 1.29 is 13.2 Å². The summed E-state index contributed by atoms with van der Waals surface area (Å²) in [7, 11) is -3.78. The van der Waals surface area contributed by atoms with Crippen molar-refractivity contribution in [3.63, 3.8) is 0 Å². The van der Waals surface area contributed by atoms with Gasteiger partial charge in [0.15, 0.2) is 0 Å². The van der Waals surface area contributed by atoms with E-state index in [4.69, 9.17) is 11.0 Å². The molecule has 0 spiro atoms. The molecule has 0 saturated carbocycles. The smallest absolute Gasteiger partial charge is 0.243 e. The fraction of sp³-hybridized carbons (Fsp3) is 0.333. The molecule has 0 bridgehead atoms. The molecule has 1 heterocycles. The van der Waals surface area contributed by atoms with Crippen LogP contribution >= 0.6 is 0 Å². The van der Waals surface area contributed by atoms with E-state index < -0.39 is 22.0 Å². The summed E-state index contributed by atoms with van der Waals surface area (Å²) in [6, 6.07) is 6.82. The minimum absolute atomic E-state index is 0.0136. The number of hydrogen-bond acceptors (Lipinski definition) is 4. The van der Waals surface area contributed by atoms with Crippen molar-refractivity contribution >= 4 is 15.9 Å². The van der Waals surface area contributed by atoms with Crippen molar-refractivity contribution in [3.05, 3.63) is 29.8 Å². The van der Waals surface area contributed by atoms with Crippen molar-refractivity contribution in [2.45, 2.75) is 23.8 Å². The molecule has 100 valence electrons. The highest BCUT2D eigenvalue weighted by atomic mass is 32.2. The third-order valence-corrected chi connectivity index (χ3v) is 5.01. The molecule has 1 aliphatic rings. The number of sulfonamides is 1. The summed E-state index contributed by atoms with van der Waals surface area (Å²) in [5.74, 6) is -0.641. The lowest BCUT2D eigenvalue weighted by atomic mass is 10.2. The lowest BCUT2D eigenvalue weighted by Crippen LogP contribution is -2.43. The Kier molecular flexibility index (Phi) is 3.55. The molecule has 1 amide bonds. The van der Waals surface area contributed by atoms with Gasteiger partial charge in [0.1, 0.15) is 6.04 Å². The minimum atomic E-state index is -3.78. The molecule has 2 N–H and O–H groups in total. The van der Waals surface area contributed by atoms with E-state index in [1.807, 2.05) is 6.07 Å². The first-order chi connectivity index (χ1) is 8.96. The molecule has 1 saturated heterocycles. The van der Waals surface area contributed by atoms with Crippen LogP contribution in [0.5, 0.6) is 0 Å². The van der Waals surface area contributed by atoms with Gasteiger partial charge in [-0.05, 0) is 31.0 Å². The first kappa shape index (κ1) is 13.5. The van der Waals surface area contributed by atoms with Gasteiger partial charge in [0.25, 0.3) is 0 Å². The molecule has 7 heteroatoms. The van der Waals surface area contributed by atoms with E-state index in [1.165, 1.54) is 24.3 Å². The normalized spacial score (nSPS) is 20.1. The van der Waals surface area contributed by atoms with E-state index in [2.05, 4.69) is 0 Å². The lowest BCUT2D eigenvalue weighted by Gasteiger charge is -2.21. The zero-order valence-corrected chi connectivity index (χ0v) is 10.9. The van der Waals surface area contributed by atoms with Gasteiger partial charge in [-0.25, -0.2) is 8.42 Å². The molecule has 1 unspecified atom stereocenters. The zero-order chi connectivity index (χ0) is 14.0. The molecule has 1 atom stereocenters. The second-order valence-electron chi connectivity index (χ2n) is 4.32. The van der Waals surface area contributed by atoms with Crippen LogP contribution in [0.1, 0.15) is 18.4 Å². The average Bonchev–Trinajstić information content (AvgIpc) is 2.89. The van der Waals surface area contributed by atoms with Crippen LogP contribution in [-0.2, 0) is 14.8 Å². The number of carbonyl (C=O) groups excluding carboxylic acids is 1. The monoisotopic (exact) mass is 279 g/mol. The molecule has 0 aliphatic carbocycles. The van der Waals surface area contributed by atoms with Crippen LogP contribution in [0.2, 0.25) is 0 Å². The highest BCUT2D eigenvalue weighted by Crippen LogP contribution is 2.26. The van der Waals surface area contributed by atoms with E-state index in [-0.39, 0.29) is 17.0 Å². The topological polar surface area (TPSA) is 104 Å². The molecule has 1 aliphatic heterocycles. The van der Waals surface area contributed by atoms with Crippen molar-refractivity contribution in [2.24, 2.45) is 5.73 Å². The molecule has 2 rings (SSSR count). The number of carbonyl (C=O) groups is 1. The Balaban J connectivity index is 2.42. The van der Waals surface area contributed by atoms with Crippen molar-refractivity contribution in [3.8, 4) is 6.07 Å². The Bertz CT molecular complexity index is 648. The highest BCUT2D eigenvalue weighted by Gasteiger charge is 2.38. The zero-order valence-electron chi connectivity index (χ0n) is 10.1. The number of nitriles is 1. The Morgan fingerprint density at radius 2 is 2.21 bits per heavy atom. The standard InChI is InChI=1S/C12H13N3O3S/c13-8-9-3-1-4-10(7-9)19(17,18)15-6-2-5-11(15)12(14)16/h1,3-4,7,11H,2,5-6H2,(H2,14,16). The number of rotatable bonds is 3. The van der Waals surface area contributed by atoms with Crippen LogP contribution in [0.25, 0.3) is 0 Å². The van der Waals surface area contributed by atoms with Crippen LogP contribution in [-0.4, -0.2) is 31.2 Å². The Morgan fingerprint density at radius 3 is 2.84 bits per heavy atom. The van der Waals surface area contributed by atoms with E-state index in [0.29, 0.717) is 12.8 Å². The Hall–Kier alpha value is -1.91. The number of benzene rings is 1. The second-order valence-corrected chi connectivity index (χ2v) is 6.21. The summed E-state index contributed by atoms with van der Waals surface area (Å²) < 4.78 is 26.0. The van der Waals surface area contributed by atoms with Crippen LogP contribution in [0.3, 0.4) is 0 Å². The fourth-order valence-corrected chi connectivity index (χ4v) is 3.88. The van der Waals surface area contributed by atoms with E-state index in [9.17, 15) is 13.2 Å². The van der Waals surface area contributed by atoms with Gasteiger partial charge in [0.05, 0.1) is 16.5 Å². The number of nitrogens with two attached hydrogens (primary N) is 1. The first-order valence-corrected chi connectivity index (χ1v) is 7.22. The maximum atomic E-state index is 12.4. The predicted octanol–water partition coefficient (Wildman–Crippen LogP) is 0.197. The third kappa shape index (κ3) is 2.45. The quantitative estimate of drug-likeness (QED) is 0.853. The molecule has 19 heavy (non-hydrogen) atoms. The van der Waals surface area contributed by atoms with Crippen LogP contribution < -0.4 is 5.73 Å². The largest absolute Gasteiger partial charge is 0.368 e. The predicted molar refractivity (Wildman–Crippen MR) is 67.3 cm³/mol. The fourth-order valence-electron chi connectivity index (χ4n) is 2.17. The summed E-state index contributed by atoms with van der Waals surface area (Å²) in [5.41, 5.74) is 5.48. The molecular formula is C12H13N3O3S. The first-order valence-electron chi connectivity index (χ1n) is 5.78. The van der Waals surface area contributed by atoms with Crippen molar-refractivity contribution in [2.75, 3.05) is 6.54 Å². The minimum Gasteiger partial charge on any atom is -0.368 e. The maximum absolute atomic E-state index is 12.4. The van der Waals surface area contributed by atoms with Gasteiger partial charge >= 0.3 is 0 Å². The van der Waals surface area contributed by atoms with E-state index in [0.717, 1.165) is 4.31 Å². The van der Waals surface area contributed by atoms with E-state index in [1.54, 1.807) is 0 Å². The van der Waals surface area contributed by atoms with E-state index >= 15 is 0 Å². The molecule has 0 aromatic heterocycles. The highest BCUT2D eigenvalue weighted by molar-refractivity contribution is 7.89. The molecule has 1 aromatic carbocycles. The van der Waals surface area contributed by atoms with Gasteiger partial charge < -0.3 is 5.73 Å². The number of primary amides is 1. The Labute approximate surface area is 111 Å². The van der Waals surface area contributed by atoms with Crippen molar-refractivity contribution in [1.82, 2.24) is 4.31 Å². The van der Waals surface area contributed by atoms with Gasteiger partial charge in [0, 0.05) is 6.54 Å². The Morgan fingerprint density at radius 1 is 1.47 bits per heavy atom. The summed E-state index contributed by atoms with van der Waals surface area (Å²) >= 11 is 0. The van der Waals surface area contributed by atoms with Gasteiger partial charge in [0.2, 0.25) is 15.9 Å². The SMILES string of the molecule is N#Cc1cccc(S(=O)(=O)N2CCCC2C(N)=O)c1. The lowest BCUT2D eigenvalue weighted by molar-refractivity contribution is -0.121. The summed E-state index contributed by atoms with van der Waals surface area (Å²) in [6.45, 7) is 0.271. The maximum Gasteiger partial charge on any atom is 0.243 e. The van der Waals surface area contributed by atoms with Crippen LogP contribution in [0.4, 0.5) is 0 Å². The van der Waals surface area contributed by atoms with Gasteiger partial charge in [-0.2, -0.15) is 9.57 Å². The van der Waals surface area contributed by atoms with Crippen LogP contribution in [0, 0.1) is 11.3 Å². The molecule has 1 fully saturated rings. The number of amides is 1. The summed E-state index contributed by atoms with van der Waals surface area (Å²) in [5, 5.41) is 8.80. The van der Waals surface area contributed by atoms with Gasteiger partial charge in [-0.15, -0.1) is 0 Å². The molecule has 6 nitrogen and oxygen atoms in total. The average molecular weight is 279 g/mol. The second kappa shape index (κ2) is 4.99. The summed E-state index contributed by atoms with van der Waals surface area (Å²) in [6.07, 6.45) is 1.04. The molecule has 1 aromatic rings. The third-order valence-electron chi connectivity index (χ3n) is 3.10. The molecular weight excluding hydrogens is 266 g/mol. The summed E-state index contributed by atoms with van der Waals surface area (Å²) in [4.78, 5) is 11.3.